The van der Waals surface area contributed by atoms with E-state index >= 15 is 0 Å². The van der Waals surface area contributed by atoms with Crippen LogP contribution in [-0.4, -0.2) is 20.1 Å². The first kappa shape index (κ1) is 17.3. The molecule has 0 bridgehead atoms. The van der Waals surface area contributed by atoms with Crippen LogP contribution in [0.25, 0.3) is 16.6 Å². The molecule has 6 nitrogen and oxygen atoms in total. The van der Waals surface area contributed by atoms with E-state index in [1.807, 2.05) is 26.0 Å². The first-order valence-corrected chi connectivity index (χ1v) is 8.86. The van der Waals surface area contributed by atoms with Gasteiger partial charge in [-0.15, -0.1) is 0 Å². The summed E-state index contributed by atoms with van der Waals surface area (Å²) in [5.41, 5.74) is 3.24. The van der Waals surface area contributed by atoms with E-state index in [1.165, 1.54) is 4.57 Å². The summed E-state index contributed by atoms with van der Waals surface area (Å²) in [6, 6.07) is 14.3. The molecule has 7 heteroatoms. The van der Waals surface area contributed by atoms with Gasteiger partial charge in [0.05, 0.1) is 16.6 Å². The number of aromatic nitrogens is 3. The fourth-order valence-corrected chi connectivity index (χ4v) is 3.35. The predicted octanol–water partition coefficient (Wildman–Crippen LogP) is 3.56. The average Bonchev–Trinajstić information content (AvgIpc) is 3.04. The Kier molecular flexibility index (Phi) is 4.20. The van der Waals surface area contributed by atoms with Crippen molar-refractivity contribution in [2.75, 3.05) is 5.32 Å². The molecule has 4 rings (SSSR count). The van der Waals surface area contributed by atoms with Crippen molar-refractivity contribution in [2.45, 2.75) is 20.4 Å². The Morgan fingerprint density at radius 1 is 1.15 bits per heavy atom. The van der Waals surface area contributed by atoms with E-state index in [9.17, 15) is 9.59 Å². The normalized spacial score (nSPS) is 11.2. The van der Waals surface area contributed by atoms with Gasteiger partial charge in [-0.25, -0.2) is 4.52 Å². The molecule has 27 heavy (non-hydrogen) atoms. The molecule has 0 spiro atoms. The predicted molar refractivity (Wildman–Crippen MR) is 107 cm³/mol. The zero-order valence-electron chi connectivity index (χ0n) is 14.9. The number of anilines is 1. The summed E-state index contributed by atoms with van der Waals surface area (Å²) in [5, 5.41) is 8.39. The fourth-order valence-electron chi connectivity index (χ4n) is 3.17. The molecule has 0 unspecified atom stereocenters. The summed E-state index contributed by atoms with van der Waals surface area (Å²) < 4.78 is 3.14. The van der Waals surface area contributed by atoms with E-state index < -0.39 is 0 Å². The smallest absolute Gasteiger partial charge is 0.262 e. The molecule has 2 aromatic carbocycles. The number of nitrogens with zero attached hydrogens (tertiary/aromatic N) is 3. The topological polar surface area (TPSA) is 68.4 Å². The monoisotopic (exact) mass is 380 g/mol. The lowest BCUT2D eigenvalue weighted by atomic mass is 10.2. The summed E-state index contributed by atoms with van der Waals surface area (Å²) in [5.74, 6) is -0.307. The van der Waals surface area contributed by atoms with Gasteiger partial charge in [0.1, 0.15) is 12.2 Å². The number of nitrogens with one attached hydrogen (secondary N) is 1. The molecular formula is C20H17ClN4O2. The van der Waals surface area contributed by atoms with E-state index in [-0.39, 0.29) is 18.0 Å². The van der Waals surface area contributed by atoms with Crippen molar-refractivity contribution in [3.8, 4) is 0 Å². The molecule has 136 valence electrons. The molecule has 0 atom stereocenters. The van der Waals surface area contributed by atoms with Gasteiger partial charge in [0.15, 0.2) is 0 Å². The number of benzene rings is 2. The van der Waals surface area contributed by atoms with Crippen LogP contribution in [-0.2, 0) is 11.3 Å². The van der Waals surface area contributed by atoms with Crippen LogP contribution in [0.3, 0.4) is 0 Å². The molecule has 1 N–H and O–H groups in total. The highest BCUT2D eigenvalue weighted by Crippen LogP contribution is 2.23. The van der Waals surface area contributed by atoms with Gasteiger partial charge in [-0.3, -0.25) is 14.2 Å². The fraction of sp³-hybridized carbons (Fsp3) is 0.150. The zero-order chi connectivity index (χ0) is 19.1. The lowest BCUT2D eigenvalue weighted by Gasteiger charge is -2.13. The van der Waals surface area contributed by atoms with E-state index in [4.69, 9.17) is 11.6 Å². The molecule has 1 amide bonds. The van der Waals surface area contributed by atoms with Crippen LogP contribution in [0, 0.1) is 13.8 Å². The lowest BCUT2D eigenvalue weighted by molar-refractivity contribution is -0.116. The maximum atomic E-state index is 13.0. The Morgan fingerprint density at radius 2 is 1.93 bits per heavy atom. The third-order valence-electron chi connectivity index (χ3n) is 4.54. The molecule has 0 radical (unpaired) electrons. The van der Waals surface area contributed by atoms with Crippen molar-refractivity contribution in [3.05, 3.63) is 75.2 Å². The summed E-state index contributed by atoms with van der Waals surface area (Å²) in [7, 11) is 0. The molecule has 0 saturated carbocycles. The van der Waals surface area contributed by atoms with Crippen molar-refractivity contribution in [1.82, 2.24) is 14.2 Å². The highest BCUT2D eigenvalue weighted by Gasteiger charge is 2.15. The first-order valence-electron chi connectivity index (χ1n) is 8.48. The molecule has 4 aromatic rings. The average molecular weight is 381 g/mol. The SMILES string of the molecule is Cc1cc2n(CC(=O)Nc3cccc(Cl)c3C)c(=O)c3ccccc3n2n1. The van der Waals surface area contributed by atoms with Crippen LogP contribution in [0.5, 0.6) is 0 Å². The summed E-state index contributed by atoms with van der Waals surface area (Å²) in [4.78, 5) is 25.6. The number of amides is 1. The maximum absolute atomic E-state index is 13.0. The van der Waals surface area contributed by atoms with Gasteiger partial charge in [-0.2, -0.15) is 5.10 Å². The van der Waals surface area contributed by atoms with Crippen molar-refractivity contribution in [1.29, 1.82) is 0 Å². The van der Waals surface area contributed by atoms with Gasteiger partial charge in [0, 0.05) is 16.8 Å². The minimum absolute atomic E-state index is 0.121. The summed E-state index contributed by atoms with van der Waals surface area (Å²) in [6.45, 7) is 3.56. The van der Waals surface area contributed by atoms with Crippen LogP contribution in [0.1, 0.15) is 11.3 Å². The minimum Gasteiger partial charge on any atom is -0.324 e. The molecule has 0 aliphatic heterocycles. The second-order valence-corrected chi connectivity index (χ2v) is 6.83. The molecule has 0 aliphatic carbocycles. The number of hydrogen-bond donors (Lipinski definition) is 1. The third-order valence-corrected chi connectivity index (χ3v) is 4.95. The van der Waals surface area contributed by atoms with Crippen molar-refractivity contribution < 1.29 is 4.79 Å². The zero-order valence-corrected chi connectivity index (χ0v) is 15.6. The van der Waals surface area contributed by atoms with Crippen LogP contribution in [0.4, 0.5) is 5.69 Å². The van der Waals surface area contributed by atoms with Crippen LogP contribution in [0.15, 0.2) is 53.3 Å². The summed E-state index contributed by atoms with van der Waals surface area (Å²) in [6.07, 6.45) is 0. The Morgan fingerprint density at radius 3 is 2.74 bits per heavy atom. The molecule has 0 aliphatic rings. The highest BCUT2D eigenvalue weighted by atomic mass is 35.5. The molecule has 2 aromatic heterocycles. The van der Waals surface area contributed by atoms with Crippen molar-refractivity contribution >= 4 is 39.7 Å². The van der Waals surface area contributed by atoms with Crippen molar-refractivity contribution in [2.24, 2.45) is 0 Å². The van der Waals surface area contributed by atoms with E-state index in [0.29, 0.717) is 27.3 Å². The van der Waals surface area contributed by atoms with Gasteiger partial charge >= 0.3 is 0 Å². The number of carbonyl (C=O) groups excluding carboxylic acids is 1. The summed E-state index contributed by atoms with van der Waals surface area (Å²) >= 11 is 6.11. The number of fused-ring (bicyclic) bond motifs is 3. The van der Waals surface area contributed by atoms with Gasteiger partial charge in [0.2, 0.25) is 5.91 Å². The maximum Gasteiger partial charge on any atom is 0.262 e. The van der Waals surface area contributed by atoms with Gasteiger partial charge < -0.3 is 5.32 Å². The second-order valence-electron chi connectivity index (χ2n) is 6.42. The number of aryl methyl sites for hydroxylation is 1. The van der Waals surface area contributed by atoms with Crippen molar-refractivity contribution in [3.63, 3.8) is 0 Å². The molecule has 2 heterocycles. The van der Waals surface area contributed by atoms with E-state index in [0.717, 1.165) is 11.3 Å². The quantitative estimate of drug-likeness (QED) is 0.591. The van der Waals surface area contributed by atoms with Gasteiger partial charge in [-0.05, 0) is 43.7 Å². The minimum atomic E-state index is -0.307. The Hall–Kier alpha value is -3.12. The number of hydrogen-bond acceptors (Lipinski definition) is 3. The highest BCUT2D eigenvalue weighted by molar-refractivity contribution is 6.31. The van der Waals surface area contributed by atoms with Gasteiger partial charge in [-0.1, -0.05) is 29.8 Å². The largest absolute Gasteiger partial charge is 0.324 e. The van der Waals surface area contributed by atoms with E-state index in [1.54, 1.807) is 40.9 Å². The third kappa shape index (κ3) is 2.98. The van der Waals surface area contributed by atoms with Crippen LogP contribution >= 0.6 is 11.6 Å². The lowest BCUT2D eigenvalue weighted by Crippen LogP contribution is -2.29. The van der Waals surface area contributed by atoms with Gasteiger partial charge in [0.25, 0.3) is 5.56 Å². The number of carbonyl (C=O) groups is 1. The number of halogens is 1. The van der Waals surface area contributed by atoms with E-state index in [2.05, 4.69) is 10.4 Å². The molecular weight excluding hydrogens is 364 g/mol. The number of rotatable bonds is 3. The second kappa shape index (κ2) is 6.55. The standard InChI is InChI=1S/C20H17ClN4O2/c1-12-10-19-24(11-18(26)22-16-8-5-7-15(21)13(16)2)20(27)14-6-3-4-9-17(14)25(19)23-12/h3-10H,11H2,1-2H3,(H,22,26). The molecule has 0 saturated heterocycles. The number of para-hydroxylation sites is 1. The Labute approximate surface area is 160 Å². The molecule has 0 fully saturated rings. The Balaban J connectivity index is 1.79. The van der Waals surface area contributed by atoms with Crippen LogP contribution in [0.2, 0.25) is 5.02 Å². The first-order chi connectivity index (χ1) is 13.0. The van der Waals surface area contributed by atoms with Crippen LogP contribution < -0.4 is 10.9 Å². The Bertz CT molecular complexity index is 1260.